The number of rotatable bonds is 21. The zero-order chi connectivity index (χ0) is 69.4. The number of nitrogens with one attached hydrogen (secondary N) is 4. The molecule has 10 rings (SSSR count). The van der Waals surface area contributed by atoms with Gasteiger partial charge >= 0.3 is 23.9 Å². The lowest BCUT2D eigenvalue weighted by molar-refractivity contribution is -0.138. The summed E-state index contributed by atoms with van der Waals surface area (Å²) in [5.74, 6) is -3.81. The molecule has 10 heterocycles. The van der Waals surface area contributed by atoms with Crippen LogP contribution in [-0.2, 0) is 36.8 Å². The number of aliphatic carboxylic acids is 4. The number of carbonyl (C=O) groups is 4. The molecule has 0 saturated carbocycles. The number of allylic oxidation sites excluding steroid dienone is 6. The summed E-state index contributed by atoms with van der Waals surface area (Å²) in [5.41, 5.74) is 26.4. The summed E-state index contributed by atoms with van der Waals surface area (Å²) >= 11 is 0. The van der Waals surface area contributed by atoms with Gasteiger partial charge in [-0.3, -0.25) is 19.2 Å². The summed E-state index contributed by atoms with van der Waals surface area (Å²) < 4.78 is 7.26. The highest BCUT2D eigenvalue weighted by Crippen LogP contribution is 2.43. The SMILES string of the molecule is CC1=C(CCC(=O)O)c2cc3[nH]c(cc4nc(cc5[nH]c(cc1n2)c(C)c5C(C)OC(C)C1=C(C)c2cc5[nH]c(cc6nc(cc7[nH]c(cc1n2)c(C)c7CCC(=O)O)C(CCC(=O)O)=C6C)c(C)c5C(C)O)C(C)=C4C(C)O)c(C)c3CCC(=O)O.NC(CO)(CO)CO. The Labute approximate surface area is 548 Å². The third-order valence-corrected chi connectivity index (χ3v) is 18.6. The average molecular weight is 1300 g/mol. The smallest absolute Gasteiger partial charge is 0.303 e. The van der Waals surface area contributed by atoms with Gasteiger partial charge in [0.2, 0.25) is 0 Å². The Morgan fingerprint density at radius 3 is 1.12 bits per heavy atom. The van der Waals surface area contributed by atoms with E-state index < -0.39 is 73.7 Å². The van der Waals surface area contributed by atoms with Gasteiger partial charge in [-0.05, 0) is 224 Å². The fraction of sp³-hybridized carbons (Fsp3) is 0.389. The zero-order valence-corrected chi connectivity index (χ0v) is 55.6. The lowest BCUT2D eigenvalue weighted by atomic mass is 9.99. The predicted molar refractivity (Wildman–Crippen MR) is 366 cm³/mol. The maximum Gasteiger partial charge on any atom is 0.303 e. The van der Waals surface area contributed by atoms with Crippen molar-refractivity contribution in [2.24, 2.45) is 5.73 Å². The van der Waals surface area contributed by atoms with E-state index in [0.717, 1.165) is 78.0 Å². The van der Waals surface area contributed by atoms with Gasteiger partial charge in [-0.2, -0.15) is 0 Å². The second-order valence-electron chi connectivity index (χ2n) is 25.2. The standard InChI is InChI=1S/C68H74N8O11.C4H11NO3/c1-29-41(13-17-61(79)80)53-28-56-44(16-20-64(85)86)32(4)48(72-56)24-59-68(36(8)52(76-59)25-58-65(37(9)77)33(5)49(73-58)21-45(29)69-53)40(12)87-39(11)67-35(7)50-22-46-30(2)42(14-18-62(81)82)54(70-46)27-55-43(15-19-63(83)84)31(3)47(71-55)23-57-66(38(10)78)34(6)51(74-57)26-60(67)75-50;5-4(1-6,2-7)3-8/h21-28,37-40,71-73,75,77-78H,13-20H2,1-12H3,(H,79,80)(H,81,82)(H,83,84)(H,85,86);6-8H,1-3,5H2. The summed E-state index contributed by atoms with van der Waals surface area (Å²) in [7, 11) is 0. The van der Waals surface area contributed by atoms with Gasteiger partial charge in [0.1, 0.15) is 0 Å². The van der Waals surface area contributed by atoms with Crippen molar-refractivity contribution in [1.82, 2.24) is 39.9 Å². The number of aromatic amines is 4. The van der Waals surface area contributed by atoms with Gasteiger partial charge in [0.25, 0.3) is 0 Å². The quantitative estimate of drug-likeness (QED) is 0.0318. The van der Waals surface area contributed by atoms with Crippen LogP contribution in [0.5, 0.6) is 0 Å². The van der Waals surface area contributed by atoms with Gasteiger partial charge in [-0.25, -0.2) is 19.9 Å². The molecular weight excluding hydrogens is 1210 g/mol. The van der Waals surface area contributed by atoms with Gasteiger partial charge in [0.05, 0.1) is 95.3 Å². The van der Waals surface area contributed by atoms with Gasteiger partial charge < -0.3 is 76.4 Å². The number of aliphatic hydroxyl groups excluding tert-OH is 5. The van der Waals surface area contributed by atoms with Crippen molar-refractivity contribution >= 4 is 113 Å². The van der Waals surface area contributed by atoms with Gasteiger partial charge in [0.15, 0.2) is 0 Å². The molecule has 0 spiro atoms. The van der Waals surface area contributed by atoms with Crippen LogP contribution in [0.3, 0.4) is 0 Å². The fourth-order valence-corrected chi connectivity index (χ4v) is 13.2. The third-order valence-electron chi connectivity index (χ3n) is 18.6. The number of ether oxygens (including phenoxy) is 1. The van der Waals surface area contributed by atoms with Crippen molar-refractivity contribution in [3.63, 3.8) is 0 Å². The fourth-order valence-electron chi connectivity index (χ4n) is 13.2. The maximum atomic E-state index is 12.2. The lowest BCUT2D eigenvalue weighted by Gasteiger charge is -2.22. The minimum Gasteiger partial charge on any atom is -0.481 e. The van der Waals surface area contributed by atoms with E-state index in [2.05, 4.69) is 19.9 Å². The van der Waals surface area contributed by atoms with Gasteiger partial charge in [-0.1, -0.05) is 0 Å². The van der Waals surface area contributed by atoms with E-state index in [1.807, 2.05) is 118 Å². The summed E-state index contributed by atoms with van der Waals surface area (Å²) in [6.07, 6.45) is -2.72. The van der Waals surface area contributed by atoms with Crippen LogP contribution < -0.4 is 5.73 Å². The van der Waals surface area contributed by atoms with Crippen molar-refractivity contribution in [2.75, 3.05) is 19.8 Å². The molecule has 4 atom stereocenters. The minimum absolute atomic E-state index is 0.121. The van der Waals surface area contributed by atoms with Gasteiger partial charge in [0, 0.05) is 92.1 Å². The van der Waals surface area contributed by atoms with Crippen molar-refractivity contribution < 1.29 is 69.9 Å². The number of aryl methyl sites for hydroxylation is 6. The number of carboxylic acids is 4. The molecule has 0 aliphatic carbocycles. The summed E-state index contributed by atoms with van der Waals surface area (Å²) in [6, 6.07) is 15.3. The second-order valence-corrected chi connectivity index (χ2v) is 25.2. The molecule has 0 saturated heterocycles. The number of hydrogen-bond acceptors (Lipinski definition) is 15. The molecule has 0 amide bonds. The Kier molecular flexibility index (Phi) is 21.0. The largest absolute Gasteiger partial charge is 0.481 e. The van der Waals surface area contributed by atoms with E-state index in [-0.39, 0.29) is 51.4 Å². The number of H-pyrrole nitrogens is 4. The molecule has 502 valence electrons. The lowest BCUT2D eigenvalue weighted by Crippen LogP contribution is -2.50. The average Bonchev–Trinajstić information content (AvgIpc) is 1.62. The van der Waals surface area contributed by atoms with Crippen LogP contribution in [0.4, 0.5) is 0 Å². The van der Waals surface area contributed by atoms with E-state index in [1.165, 1.54) is 0 Å². The summed E-state index contributed by atoms with van der Waals surface area (Å²) in [5, 5.41) is 87.2. The van der Waals surface area contributed by atoms with Crippen LogP contribution in [0.15, 0.2) is 48.5 Å². The van der Waals surface area contributed by atoms with Crippen LogP contribution in [0.25, 0.3) is 88.7 Å². The molecule has 0 radical (unpaired) electrons. The first-order valence-electron chi connectivity index (χ1n) is 31.7. The number of fused-ring (bicyclic) bond motifs is 16. The number of nitrogens with zero attached hydrogens (tertiary/aromatic N) is 4. The van der Waals surface area contributed by atoms with Crippen LogP contribution in [-0.4, -0.2) is 147 Å². The Hall–Kier alpha value is -9.20. The topological polar surface area (TPSA) is 400 Å². The minimum atomic E-state index is -1.21. The van der Waals surface area contributed by atoms with Crippen LogP contribution in [0.2, 0.25) is 0 Å². The van der Waals surface area contributed by atoms with Crippen LogP contribution >= 0.6 is 0 Å². The number of carboxylic acid groups (broad SMARTS) is 4. The van der Waals surface area contributed by atoms with Crippen molar-refractivity contribution in [2.45, 2.75) is 164 Å². The van der Waals surface area contributed by atoms with Gasteiger partial charge in [-0.15, -0.1) is 0 Å². The molecule has 23 nitrogen and oxygen atoms in total. The number of hydrogen-bond donors (Lipinski definition) is 14. The number of aromatic nitrogens is 8. The first-order valence-corrected chi connectivity index (χ1v) is 31.7. The first-order chi connectivity index (χ1) is 44.9. The number of aliphatic hydroxyl groups is 5. The molecule has 4 aliphatic rings. The molecule has 95 heavy (non-hydrogen) atoms. The van der Waals surface area contributed by atoms with Crippen LogP contribution in [0, 0.1) is 27.7 Å². The highest BCUT2D eigenvalue weighted by Gasteiger charge is 2.30. The Balaban J connectivity index is 0.00000124. The molecule has 4 aliphatic heterocycles. The summed E-state index contributed by atoms with van der Waals surface area (Å²) in [6.45, 7) is 21.7. The molecule has 6 aromatic heterocycles. The van der Waals surface area contributed by atoms with E-state index in [1.54, 1.807) is 13.8 Å². The Morgan fingerprint density at radius 1 is 0.411 bits per heavy atom. The zero-order valence-electron chi connectivity index (χ0n) is 55.6. The maximum absolute atomic E-state index is 12.2. The molecule has 4 unspecified atom stereocenters. The molecule has 6 aromatic rings. The highest BCUT2D eigenvalue weighted by atomic mass is 16.5. The Morgan fingerprint density at radius 2 is 0.726 bits per heavy atom. The molecule has 15 N–H and O–H groups in total. The van der Waals surface area contributed by atoms with E-state index in [0.29, 0.717) is 101 Å². The summed E-state index contributed by atoms with van der Waals surface area (Å²) in [4.78, 5) is 83.2. The molecule has 16 bridgehead atoms. The molecule has 0 aromatic carbocycles. The van der Waals surface area contributed by atoms with E-state index in [4.69, 9.17) is 45.7 Å². The highest BCUT2D eigenvalue weighted by molar-refractivity contribution is 5.99. The van der Waals surface area contributed by atoms with Crippen molar-refractivity contribution in [3.05, 3.63) is 139 Å². The second kappa shape index (κ2) is 28.4. The normalized spacial score (nSPS) is 14.7. The van der Waals surface area contributed by atoms with Crippen LogP contribution in [0.1, 0.15) is 196 Å². The van der Waals surface area contributed by atoms with E-state index >= 15 is 0 Å². The predicted octanol–water partition coefficient (Wildman–Crippen LogP) is 10.9. The molecule has 0 fully saturated rings. The molecular formula is C72H85N9O14. The first kappa shape index (κ1) is 70.1. The monoisotopic (exact) mass is 1300 g/mol. The molecule has 23 heteroatoms. The number of nitrogens with two attached hydrogens (primary N) is 1. The Bertz CT molecular complexity index is 4600. The van der Waals surface area contributed by atoms with Crippen molar-refractivity contribution in [1.29, 1.82) is 0 Å². The third kappa shape index (κ3) is 14.6. The van der Waals surface area contributed by atoms with Crippen molar-refractivity contribution in [3.8, 4) is 0 Å². The van der Waals surface area contributed by atoms with E-state index in [9.17, 15) is 49.8 Å².